The molecule has 0 radical (unpaired) electrons. The summed E-state index contributed by atoms with van der Waals surface area (Å²) in [4.78, 5) is 8.29. The number of aliphatic hydroxyl groups excluding tert-OH is 1. The van der Waals surface area contributed by atoms with Crippen LogP contribution in [0.25, 0.3) is 33.5 Å². The first kappa shape index (κ1) is 20.0. The van der Waals surface area contributed by atoms with Crippen molar-refractivity contribution in [2.45, 2.75) is 13.0 Å². The number of rotatable bonds is 6. The predicted molar refractivity (Wildman–Crippen MR) is 130 cm³/mol. The number of halogens is 1. The second kappa shape index (κ2) is 8.32. The highest BCUT2D eigenvalue weighted by molar-refractivity contribution is 14.1. The average Bonchev–Trinajstić information content (AvgIpc) is 3.36. The highest BCUT2D eigenvalue weighted by atomic mass is 127. The lowest BCUT2D eigenvalue weighted by atomic mass is 10.1. The van der Waals surface area contributed by atoms with Crippen LogP contribution in [0.1, 0.15) is 11.1 Å². The largest absolute Gasteiger partial charge is 0.497 e. The van der Waals surface area contributed by atoms with Crippen LogP contribution in [0.3, 0.4) is 0 Å². The summed E-state index contributed by atoms with van der Waals surface area (Å²) in [5.41, 5.74) is 5.89. The summed E-state index contributed by atoms with van der Waals surface area (Å²) in [6.07, 6.45) is 0.576. The molecular formula is C24H21IN4O2. The molecule has 0 unspecified atom stereocenters. The zero-order valence-electron chi connectivity index (χ0n) is 17.0. The number of benzene rings is 3. The maximum Gasteiger partial charge on any atom is 0.159 e. The second-order valence-corrected chi connectivity index (χ2v) is 8.63. The minimum Gasteiger partial charge on any atom is -0.497 e. The van der Waals surface area contributed by atoms with Gasteiger partial charge in [-0.2, -0.15) is 5.10 Å². The molecule has 0 bridgehead atoms. The number of ether oxygens (including phenoxy) is 1. The average molecular weight is 524 g/mol. The molecule has 0 spiro atoms. The zero-order chi connectivity index (χ0) is 21.4. The first-order chi connectivity index (χ1) is 15.2. The van der Waals surface area contributed by atoms with Gasteiger partial charge in [-0.15, -0.1) is 0 Å². The Balaban J connectivity index is 1.62. The Kier molecular flexibility index (Phi) is 5.37. The Morgan fingerprint density at radius 2 is 1.94 bits per heavy atom. The lowest BCUT2D eigenvalue weighted by Gasteiger charge is -2.05. The van der Waals surface area contributed by atoms with Crippen LogP contribution in [0.15, 0.2) is 60.7 Å². The second-order valence-electron chi connectivity index (χ2n) is 7.39. The molecule has 0 aliphatic carbocycles. The normalized spacial score (nSPS) is 11.5. The molecule has 0 amide bonds. The molecule has 5 rings (SSSR count). The van der Waals surface area contributed by atoms with Crippen molar-refractivity contribution in [3.63, 3.8) is 0 Å². The van der Waals surface area contributed by atoms with Crippen LogP contribution >= 0.6 is 22.6 Å². The highest BCUT2D eigenvalue weighted by Gasteiger charge is 2.17. The van der Waals surface area contributed by atoms with E-state index in [0.29, 0.717) is 13.0 Å². The van der Waals surface area contributed by atoms with Crippen molar-refractivity contribution in [2.24, 2.45) is 0 Å². The third-order valence-corrected chi connectivity index (χ3v) is 6.08. The summed E-state index contributed by atoms with van der Waals surface area (Å²) in [6.45, 7) is 0.746. The van der Waals surface area contributed by atoms with Crippen molar-refractivity contribution >= 4 is 44.5 Å². The molecule has 0 saturated carbocycles. The molecule has 0 atom stereocenters. The van der Waals surface area contributed by atoms with E-state index in [-0.39, 0.29) is 6.61 Å². The fraction of sp³-hybridized carbons (Fsp3) is 0.167. The first-order valence-electron chi connectivity index (χ1n) is 10.0. The number of nitrogens with zero attached hydrogens (tertiary/aromatic N) is 3. The van der Waals surface area contributed by atoms with E-state index >= 15 is 0 Å². The number of aliphatic hydroxyl groups is 1. The Hall–Kier alpha value is -2.91. The summed E-state index contributed by atoms with van der Waals surface area (Å²) in [5.74, 6) is 1.58. The molecule has 31 heavy (non-hydrogen) atoms. The summed E-state index contributed by atoms with van der Waals surface area (Å²) >= 11 is 2.33. The third-order valence-electron chi connectivity index (χ3n) is 5.41. The molecule has 0 fully saturated rings. The Morgan fingerprint density at radius 1 is 1.10 bits per heavy atom. The van der Waals surface area contributed by atoms with E-state index in [2.05, 4.69) is 57.9 Å². The molecule has 2 aromatic heterocycles. The van der Waals surface area contributed by atoms with Gasteiger partial charge in [0.15, 0.2) is 5.82 Å². The summed E-state index contributed by atoms with van der Waals surface area (Å²) in [7, 11) is 1.67. The molecule has 3 aromatic carbocycles. The van der Waals surface area contributed by atoms with Crippen molar-refractivity contribution < 1.29 is 9.84 Å². The van der Waals surface area contributed by atoms with Crippen molar-refractivity contribution in [1.29, 1.82) is 0 Å². The van der Waals surface area contributed by atoms with Gasteiger partial charge in [-0.1, -0.05) is 24.3 Å². The maximum atomic E-state index is 9.39. The van der Waals surface area contributed by atoms with E-state index in [0.717, 1.165) is 53.9 Å². The third kappa shape index (κ3) is 3.79. The Bertz CT molecular complexity index is 1370. The molecule has 7 heteroatoms. The lowest BCUT2D eigenvalue weighted by Crippen LogP contribution is -2.02. The van der Waals surface area contributed by atoms with Crippen LogP contribution < -0.4 is 4.74 Å². The topological polar surface area (TPSA) is 76.0 Å². The van der Waals surface area contributed by atoms with Crippen molar-refractivity contribution in [3.05, 3.63) is 75.4 Å². The van der Waals surface area contributed by atoms with E-state index < -0.39 is 0 Å². The van der Waals surface area contributed by atoms with Crippen molar-refractivity contribution in [2.75, 3.05) is 13.7 Å². The van der Waals surface area contributed by atoms with Crippen LogP contribution in [0.5, 0.6) is 5.75 Å². The Labute approximate surface area is 193 Å². The van der Waals surface area contributed by atoms with Gasteiger partial charge in [-0.05, 0) is 76.5 Å². The number of para-hydroxylation sites is 1. The van der Waals surface area contributed by atoms with E-state index in [1.54, 1.807) is 7.11 Å². The highest BCUT2D eigenvalue weighted by Crippen LogP contribution is 2.30. The van der Waals surface area contributed by atoms with Crippen molar-refractivity contribution in [3.8, 4) is 17.3 Å². The van der Waals surface area contributed by atoms with Gasteiger partial charge in [0.2, 0.25) is 0 Å². The number of methoxy groups -OCH3 is 1. The predicted octanol–water partition coefficient (Wildman–Crippen LogP) is 4.78. The first-order valence-corrected chi connectivity index (χ1v) is 11.1. The van der Waals surface area contributed by atoms with Gasteiger partial charge in [0, 0.05) is 15.6 Å². The number of aromatic nitrogens is 4. The summed E-state index contributed by atoms with van der Waals surface area (Å²) < 4.78 is 8.43. The van der Waals surface area contributed by atoms with E-state index in [1.165, 1.54) is 0 Å². The molecule has 0 aliphatic rings. The van der Waals surface area contributed by atoms with Crippen LogP contribution in [-0.4, -0.2) is 38.6 Å². The van der Waals surface area contributed by atoms with Gasteiger partial charge in [-0.25, -0.2) is 4.98 Å². The van der Waals surface area contributed by atoms with Crippen LogP contribution in [0, 0.1) is 3.57 Å². The Morgan fingerprint density at radius 3 is 2.71 bits per heavy atom. The zero-order valence-corrected chi connectivity index (χ0v) is 19.1. The molecular weight excluding hydrogens is 503 g/mol. The number of nitrogens with one attached hydrogen (secondary N) is 1. The smallest absolute Gasteiger partial charge is 0.159 e. The van der Waals surface area contributed by atoms with Gasteiger partial charge in [-0.3, -0.25) is 4.68 Å². The number of hydrogen-bond acceptors (Lipinski definition) is 4. The summed E-state index contributed by atoms with van der Waals surface area (Å²) in [6, 6.07) is 20.4. The number of hydrogen-bond donors (Lipinski definition) is 2. The number of fused-ring (bicyclic) bond motifs is 2. The molecule has 5 aromatic rings. The van der Waals surface area contributed by atoms with Gasteiger partial charge >= 0.3 is 0 Å². The molecule has 2 heterocycles. The van der Waals surface area contributed by atoms with Crippen LogP contribution in [0.4, 0.5) is 0 Å². The minimum atomic E-state index is 0.0962. The quantitative estimate of drug-likeness (QED) is 0.314. The molecule has 156 valence electrons. The number of H-pyrrole nitrogens is 1. The molecule has 0 aliphatic heterocycles. The van der Waals surface area contributed by atoms with E-state index in [1.807, 2.05) is 35.0 Å². The van der Waals surface area contributed by atoms with Gasteiger partial charge in [0.05, 0.1) is 30.2 Å². The van der Waals surface area contributed by atoms with E-state index in [9.17, 15) is 5.11 Å². The molecule has 2 N–H and O–H groups in total. The lowest BCUT2D eigenvalue weighted by molar-refractivity contribution is 0.300. The SMILES string of the molecule is COc1ccc(Cn2nc(-c3nc4c(CCO)cccc4[nH]3)c3cc(I)ccc32)cc1. The standard InChI is InChI=1S/C24H21IN4O2/c1-31-18-8-5-15(6-9-18)14-29-21-10-7-17(25)13-19(21)23(28-29)24-26-20-4-2-3-16(11-12-30)22(20)27-24/h2-10,13,30H,11-12,14H2,1H3,(H,26,27). The van der Waals surface area contributed by atoms with Crippen LogP contribution in [0.2, 0.25) is 0 Å². The van der Waals surface area contributed by atoms with Crippen molar-refractivity contribution in [1.82, 2.24) is 19.7 Å². The van der Waals surface area contributed by atoms with E-state index in [4.69, 9.17) is 14.8 Å². The monoisotopic (exact) mass is 524 g/mol. The number of imidazole rings is 1. The summed E-state index contributed by atoms with van der Waals surface area (Å²) in [5, 5.41) is 15.4. The number of aromatic amines is 1. The fourth-order valence-corrected chi connectivity index (χ4v) is 4.37. The fourth-order valence-electron chi connectivity index (χ4n) is 3.88. The molecule has 6 nitrogen and oxygen atoms in total. The molecule has 0 saturated heterocycles. The van der Waals surface area contributed by atoms with Gasteiger partial charge in [0.1, 0.15) is 11.4 Å². The maximum absolute atomic E-state index is 9.39. The van der Waals surface area contributed by atoms with Gasteiger partial charge in [0.25, 0.3) is 0 Å². The van der Waals surface area contributed by atoms with Gasteiger partial charge < -0.3 is 14.8 Å². The van der Waals surface area contributed by atoms with Crippen LogP contribution in [-0.2, 0) is 13.0 Å². The minimum absolute atomic E-state index is 0.0962.